The van der Waals surface area contributed by atoms with Crippen LogP contribution in [0.5, 0.6) is 5.75 Å². The zero-order chi connectivity index (χ0) is 22.6. The van der Waals surface area contributed by atoms with Gasteiger partial charge in [-0.1, -0.05) is 12.1 Å². The normalized spacial score (nSPS) is 22.3. The summed E-state index contributed by atoms with van der Waals surface area (Å²) in [5.74, 6) is -0.867. The highest BCUT2D eigenvalue weighted by molar-refractivity contribution is 7.89. The Bertz CT molecular complexity index is 945. The van der Waals surface area contributed by atoms with Crippen molar-refractivity contribution in [2.24, 2.45) is 0 Å². The molecule has 0 radical (unpaired) electrons. The number of carbonyl (C=O) groups excluding carboxylic acids is 3. The second-order valence-electron chi connectivity index (χ2n) is 7.35. The number of benzene rings is 1. The number of urea groups is 1. The summed E-state index contributed by atoms with van der Waals surface area (Å²) in [6.45, 7) is 2.16. The van der Waals surface area contributed by atoms with E-state index in [1.54, 1.807) is 31.2 Å². The van der Waals surface area contributed by atoms with Gasteiger partial charge in [-0.15, -0.1) is 0 Å². The van der Waals surface area contributed by atoms with Gasteiger partial charge < -0.3 is 20.1 Å². The van der Waals surface area contributed by atoms with E-state index >= 15 is 0 Å². The summed E-state index contributed by atoms with van der Waals surface area (Å²) < 4.78 is 36.1. The van der Waals surface area contributed by atoms with E-state index < -0.39 is 40.0 Å². The molecule has 2 aliphatic rings. The van der Waals surface area contributed by atoms with Gasteiger partial charge in [0.1, 0.15) is 17.8 Å². The van der Waals surface area contributed by atoms with Gasteiger partial charge in [-0.25, -0.2) is 13.2 Å². The molecular formula is C19H26N4O7S. The van der Waals surface area contributed by atoms with Gasteiger partial charge in [0.25, 0.3) is 5.91 Å². The van der Waals surface area contributed by atoms with Gasteiger partial charge in [-0.05, 0) is 24.6 Å². The molecule has 4 amide bonds. The minimum absolute atomic E-state index is 0.127. The Labute approximate surface area is 180 Å². The van der Waals surface area contributed by atoms with Crippen molar-refractivity contribution < 1.29 is 32.3 Å². The molecule has 0 saturated carbocycles. The minimum Gasteiger partial charge on any atom is -0.497 e. The molecular weight excluding hydrogens is 428 g/mol. The van der Waals surface area contributed by atoms with E-state index in [9.17, 15) is 22.8 Å². The molecule has 3 rings (SSSR count). The first-order chi connectivity index (χ1) is 14.7. The number of hydrogen-bond donors (Lipinski definition) is 2. The zero-order valence-electron chi connectivity index (χ0n) is 17.4. The molecule has 11 nitrogen and oxygen atoms in total. The molecule has 12 heteroatoms. The monoisotopic (exact) mass is 454 g/mol. The Hall–Kier alpha value is -2.70. The van der Waals surface area contributed by atoms with Crippen molar-refractivity contribution >= 4 is 27.9 Å². The van der Waals surface area contributed by atoms with Gasteiger partial charge in [-0.3, -0.25) is 14.5 Å². The van der Waals surface area contributed by atoms with Crippen LogP contribution in [0.1, 0.15) is 12.5 Å². The third-order valence-electron chi connectivity index (χ3n) is 5.29. The quantitative estimate of drug-likeness (QED) is 0.493. The molecule has 2 heterocycles. The predicted octanol–water partition coefficient (Wildman–Crippen LogP) is -0.760. The molecule has 2 saturated heterocycles. The zero-order valence-corrected chi connectivity index (χ0v) is 18.2. The topological polar surface area (TPSA) is 134 Å². The number of hydrogen-bond acceptors (Lipinski definition) is 7. The first-order valence-corrected chi connectivity index (χ1v) is 11.4. The molecule has 1 aromatic carbocycles. The summed E-state index contributed by atoms with van der Waals surface area (Å²) in [5, 5.41) is 5.08. The molecule has 0 aliphatic carbocycles. The Kier molecular flexibility index (Phi) is 6.82. The molecule has 170 valence electrons. The van der Waals surface area contributed by atoms with Crippen LogP contribution < -0.4 is 15.4 Å². The molecule has 1 aromatic rings. The average molecular weight is 455 g/mol. The molecule has 0 spiro atoms. The maximum absolute atomic E-state index is 12.9. The highest BCUT2D eigenvalue weighted by atomic mass is 32.2. The van der Waals surface area contributed by atoms with Crippen molar-refractivity contribution in [1.29, 1.82) is 0 Å². The van der Waals surface area contributed by atoms with Crippen molar-refractivity contribution in [1.82, 2.24) is 19.8 Å². The standard InChI is InChI=1S/C19H26N4O7S/c1-19(14-3-5-15(29-2)6-4-14)17(25)23(18(26)21-19)13-16(24)20-7-12-31(27,28)22-8-10-30-11-9-22/h3-6H,7-13H2,1-2H3,(H,20,24)(H,21,26). The summed E-state index contributed by atoms with van der Waals surface area (Å²) in [5.41, 5.74) is -0.769. The predicted molar refractivity (Wildman–Crippen MR) is 110 cm³/mol. The van der Waals surface area contributed by atoms with E-state index in [1.807, 2.05) is 0 Å². The van der Waals surface area contributed by atoms with Crippen LogP contribution in [0.4, 0.5) is 4.79 Å². The SMILES string of the molecule is COc1ccc(C2(C)NC(=O)N(CC(=O)NCCS(=O)(=O)N3CCOCC3)C2=O)cc1. The molecule has 0 bridgehead atoms. The van der Waals surface area contributed by atoms with Crippen LogP contribution in [-0.4, -0.2) is 87.7 Å². The molecule has 31 heavy (non-hydrogen) atoms. The number of carbonyl (C=O) groups is 3. The van der Waals surface area contributed by atoms with E-state index in [-0.39, 0.29) is 25.4 Å². The number of methoxy groups -OCH3 is 1. The van der Waals surface area contributed by atoms with Crippen LogP contribution in [0.3, 0.4) is 0 Å². The van der Waals surface area contributed by atoms with Gasteiger partial charge in [-0.2, -0.15) is 4.31 Å². The Morgan fingerprint density at radius 1 is 1.23 bits per heavy atom. The first kappa shape index (κ1) is 23.0. The van der Waals surface area contributed by atoms with E-state index in [0.29, 0.717) is 24.5 Å². The lowest BCUT2D eigenvalue weighted by molar-refractivity contribution is -0.134. The van der Waals surface area contributed by atoms with Crippen LogP contribution in [0.25, 0.3) is 0 Å². The lowest BCUT2D eigenvalue weighted by Gasteiger charge is -2.26. The van der Waals surface area contributed by atoms with Crippen LogP contribution in [-0.2, 0) is 29.9 Å². The number of nitrogens with zero attached hydrogens (tertiary/aromatic N) is 2. The average Bonchev–Trinajstić information content (AvgIpc) is 2.98. The summed E-state index contributed by atoms with van der Waals surface area (Å²) in [6.07, 6.45) is 0. The molecule has 0 aromatic heterocycles. The van der Waals surface area contributed by atoms with E-state index in [1.165, 1.54) is 11.4 Å². The number of rotatable bonds is 8. The number of nitrogens with one attached hydrogen (secondary N) is 2. The van der Waals surface area contributed by atoms with Crippen LogP contribution in [0, 0.1) is 0 Å². The van der Waals surface area contributed by atoms with Crippen molar-refractivity contribution in [2.45, 2.75) is 12.5 Å². The number of morpholine rings is 1. The molecule has 1 unspecified atom stereocenters. The number of ether oxygens (including phenoxy) is 2. The smallest absolute Gasteiger partial charge is 0.325 e. The third kappa shape index (κ3) is 4.97. The van der Waals surface area contributed by atoms with E-state index in [4.69, 9.17) is 9.47 Å². The fourth-order valence-electron chi connectivity index (χ4n) is 3.43. The number of amides is 4. The Morgan fingerprint density at radius 2 is 1.87 bits per heavy atom. The summed E-state index contributed by atoms with van der Waals surface area (Å²) in [4.78, 5) is 38.3. The van der Waals surface area contributed by atoms with Crippen LogP contribution in [0.2, 0.25) is 0 Å². The van der Waals surface area contributed by atoms with Gasteiger partial charge in [0.05, 0.1) is 26.1 Å². The minimum atomic E-state index is -3.52. The maximum atomic E-state index is 12.9. The highest BCUT2D eigenvalue weighted by Gasteiger charge is 2.49. The maximum Gasteiger partial charge on any atom is 0.325 e. The van der Waals surface area contributed by atoms with Crippen molar-refractivity contribution in [2.75, 3.05) is 52.3 Å². The first-order valence-electron chi connectivity index (χ1n) is 9.78. The lowest BCUT2D eigenvalue weighted by Crippen LogP contribution is -2.46. The molecule has 1 atom stereocenters. The summed E-state index contributed by atoms with van der Waals surface area (Å²) >= 11 is 0. The summed E-state index contributed by atoms with van der Waals surface area (Å²) in [7, 11) is -2.00. The van der Waals surface area contributed by atoms with Crippen molar-refractivity contribution in [3.8, 4) is 5.75 Å². The second-order valence-corrected chi connectivity index (χ2v) is 9.44. The number of sulfonamides is 1. The van der Waals surface area contributed by atoms with Crippen LogP contribution >= 0.6 is 0 Å². The van der Waals surface area contributed by atoms with E-state index in [2.05, 4.69) is 10.6 Å². The molecule has 2 N–H and O–H groups in total. The van der Waals surface area contributed by atoms with Gasteiger partial charge in [0.2, 0.25) is 15.9 Å². The largest absolute Gasteiger partial charge is 0.497 e. The third-order valence-corrected chi connectivity index (χ3v) is 7.16. The van der Waals surface area contributed by atoms with Gasteiger partial charge >= 0.3 is 6.03 Å². The van der Waals surface area contributed by atoms with Crippen molar-refractivity contribution in [3.63, 3.8) is 0 Å². The lowest BCUT2D eigenvalue weighted by atomic mass is 9.92. The fourth-order valence-corrected chi connectivity index (χ4v) is 4.76. The fraction of sp³-hybridized carbons (Fsp3) is 0.526. The number of imide groups is 1. The second kappa shape index (κ2) is 9.20. The Balaban J connectivity index is 1.56. The molecule has 2 aliphatic heterocycles. The van der Waals surface area contributed by atoms with Crippen LogP contribution in [0.15, 0.2) is 24.3 Å². The summed E-state index contributed by atoms with van der Waals surface area (Å²) in [6, 6.07) is 5.97. The van der Waals surface area contributed by atoms with Gasteiger partial charge in [0, 0.05) is 19.6 Å². The van der Waals surface area contributed by atoms with E-state index in [0.717, 1.165) is 4.90 Å². The Morgan fingerprint density at radius 3 is 2.48 bits per heavy atom. The van der Waals surface area contributed by atoms with Crippen molar-refractivity contribution in [3.05, 3.63) is 29.8 Å². The highest BCUT2D eigenvalue weighted by Crippen LogP contribution is 2.29. The van der Waals surface area contributed by atoms with Gasteiger partial charge in [0.15, 0.2) is 0 Å². The molecule has 2 fully saturated rings.